The Hall–Kier alpha value is -4.04. The minimum absolute atomic E-state index is 0.313. The summed E-state index contributed by atoms with van der Waals surface area (Å²) in [5, 5.41) is 4.03. The second kappa shape index (κ2) is 5.73. The monoisotopic (exact) mass is 366 g/mol. The average Bonchev–Trinajstić information content (AvgIpc) is 3.34. The Bertz CT molecular complexity index is 1390. The number of benzene rings is 2. The van der Waals surface area contributed by atoms with Crippen LogP contribution in [0.3, 0.4) is 0 Å². The van der Waals surface area contributed by atoms with Crippen LogP contribution in [0.15, 0.2) is 59.3 Å². The van der Waals surface area contributed by atoms with Crippen molar-refractivity contribution in [1.29, 1.82) is 0 Å². The van der Waals surface area contributed by atoms with Crippen LogP contribution in [-0.4, -0.2) is 16.4 Å². The van der Waals surface area contributed by atoms with E-state index in [0.717, 1.165) is 16.3 Å². The van der Waals surface area contributed by atoms with Gasteiger partial charge in [-0.25, -0.2) is 0 Å². The molecule has 0 bridgehead atoms. The first kappa shape index (κ1) is 16.2. The number of fused-ring (bicyclic) bond motifs is 2. The molecule has 134 valence electrons. The van der Waals surface area contributed by atoms with Crippen LogP contribution in [0.25, 0.3) is 33.0 Å². The highest BCUT2D eigenvalue weighted by atomic mass is 16.3. The molecule has 5 nitrogen and oxygen atoms in total. The van der Waals surface area contributed by atoms with Gasteiger partial charge >= 0.3 is 0 Å². The first-order valence-corrected chi connectivity index (χ1v) is 8.71. The molecule has 5 heteroatoms. The van der Waals surface area contributed by atoms with Gasteiger partial charge in [0.2, 0.25) is 0 Å². The van der Waals surface area contributed by atoms with Crippen molar-refractivity contribution in [3.8, 4) is 12.3 Å². The van der Waals surface area contributed by atoms with Crippen LogP contribution in [-0.2, 0) is 16.6 Å². The Morgan fingerprint density at radius 3 is 2.54 bits per heavy atom. The molecule has 0 radical (unpaired) electrons. The molecule has 2 aromatic carbocycles. The first-order chi connectivity index (χ1) is 13.6. The predicted molar refractivity (Wildman–Crippen MR) is 107 cm³/mol. The molecule has 1 aliphatic rings. The number of hydrogen-bond acceptors (Lipinski definition) is 3. The van der Waals surface area contributed by atoms with Crippen LogP contribution >= 0.6 is 0 Å². The largest absolute Gasteiger partial charge is 0.464 e. The number of carbonyl (C=O) groups is 2. The smallest absolute Gasteiger partial charge is 0.259 e. The van der Waals surface area contributed by atoms with Gasteiger partial charge in [0.25, 0.3) is 11.8 Å². The van der Waals surface area contributed by atoms with E-state index in [2.05, 4.69) is 11.2 Å². The van der Waals surface area contributed by atoms with E-state index >= 15 is 0 Å². The fourth-order valence-electron chi connectivity index (χ4n) is 3.82. The lowest BCUT2D eigenvalue weighted by Gasteiger charge is -2.03. The number of carbonyl (C=O) groups excluding carboxylic acids is 2. The number of nitrogens with zero attached hydrogens (tertiary/aromatic N) is 1. The van der Waals surface area contributed by atoms with Gasteiger partial charge in [-0.15, -0.1) is 6.42 Å². The molecule has 4 aromatic rings. The second-order valence-corrected chi connectivity index (χ2v) is 6.71. The summed E-state index contributed by atoms with van der Waals surface area (Å²) in [6.07, 6.45) is 8.92. The van der Waals surface area contributed by atoms with Crippen LogP contribution in [0.1, 0.15) is 16.7 Å². The summed E-state index contributed by atoms with van der Waals surface area (Å²) in [7, 11) is 1.89. The average molecular weight is 366 g/mol. The highest BCUT2D eigenvalue weighted by Gasteiger charge is 2.35. The number of hydrogen-bond donors (Lipinski definition) is 1. The molecule has 0 saturated carbocycles. The standard InChI is InChI=1S/C23H14N2O3/c1-3-13-8-9-18-15(10-13)16(11-25(18)2)20-21(23(27)24-22(20)26)17-12-28-19-7-5-4-6-14(17)19/h1,4-12H,2H3,(H,24,26,27). The van der Waals surface area contributed by atoms with Gasteiger partial charge in [-0.2, -0.15) is 0 Å². The summed E-state index contributed by atoms with van der Waals surface area (Å²) >= 11 is 0. The Morgan fingerprint density at radius 1 is 1.00 bits per heavy atom. The van der Waals surface area contributed by atoms with Crippen molar-refractivity contribution in [2.45, 2.75) is 0 Å². The number of aryl methyl sites for hydroxylation is 1. The lowest BCUT2D eigenvalue weighted by molar-refractivity contribution is -0.122. The molecule has 28 heavy (non-hydrogen) atoms. The Labute approximate surface area is 160 Å². The molecule has 2 aromatic heterocycles. The van der Waals surface area contributed by atoms with Crippen LogP contribution in [0.5, 0.6) is 0 Å². The van der Waals surface area contributed by atoms with Crippen molar-refractivity contribution in [1.82, 2.24) is 9.88 Å². The third kappa shape index (κ3) is 2.15. The predicted octanol–water partition coefficient (Wildman–Crippen LogP) is 3.47. The molecule has 3 heterocycles. The molecule has 2 amide bonds. The fourth-order valence-corrected chi connectivity index (χ4v) is 3.82. The van der Waals surface area contributed by atoms with Gasteiger partial charge in [0.05, 0.1) is 17.4 Å². The summed E-state index contributed by atoms with van der Waals surface area (Å²) in [6.45, 7) is 0. The number of imide groups is 1. The van der Waals surface area contributed by atoms with Crippen LogP contribution < -0.4 is 5.32 Å². The van der Waals surface area contributed by atoms with Crippen molar-refractivity contribution in [2.75, 3.05) is 0 Å². The molecule has 0 unspecified atom stereocenters. The number of terminal acetylenes is 1. The Morgan fingerprint density at radius 2 is 1.75 bits per heavy atom. The number of furan rings is 1. The van der Waals surface area contributed by atoms with Crippen molar-refractivity contribution in [3.05, 3.63) is 71.6 Å². The molecule has 0 saturated heterocycles. The zero-order valence-electron chi connectivity index (χ0n) is 14.9. The maximum absolute atomic E-state index is 12.8. The van der Waals surface area contributed by atoms with Gasteiger partial charge in [0.1, 0.15) is 5.58 Å². The first-order valence-electron chi connectivity index (χ1n) is 8.71. The van der Waals surface area contributed by atoms with E-state index in [4.69, 9.17) is 10.8 Å². The Balaban J connectivity index is 1.86. The van der Waals surface area contributed by atoms with Crippen LogP contribution in [0.4, 0.5) is 0 Å². The minimum atomic E-state index is -0.434. The fraction of sp³-hybridized carbons (Fsp3) is 0.0435. The molecular weight excluding hydrogens is 352 g/mol. The lowest BCUT2D eigenvalue weighted by atomic mass is 9.95. The van der Waals surface area contributed by atoms with Crippen LogP contribution in [0, 0.1) is 12.3 Å². The maximum atomic E-state index is 12.8. The SMILES string of the molecule is C#Cc1ccc2c(c1)c(C1=C(c3coc4ccccc34)C(=O)NC1=O)cn2C. The van der Waals surface area contributed by atoms with Gasteiger partial charge in [-0.1, -0.05) is 24.1 Å². The molecule has 0 fully saturated rings. The van der Waals surface area contributed by atoms with E-state index in [0.29, 0.717) is 33.4 Å². The van der Waals surface area contributed by atoms with Crippen molar-refractivity contribution >= 4 is 44.8 Å². The molecule has 1 aliphatic heterocycles. The summed E-state index contributed by atoms with van der Waals surface area (Å²) in [5.41, 5.74) is 4.19. The number of nitrogens with one attached hydrogen (secondary N) is 1. The van der Waals surface area contributed by atoms with Crippen molar-refractivity contribution in [3.63, 3.8) is 0 Å². The number of amides is 2. The number of rotatable bonds is 2. The van der Waals surface area contributed by atoms with E-state index in [1.165, 1.54) is 6.26 Å². The highest BCUT2D eigenvalue weighted by Crippen LogP contribution is 2.38. The van der Waals surface area contributed by atoms with Crippen molar-refractivity contribution in [2.24, 2.45) is 7.05 Å². The minimum Gasteiger partial charge on any atom is -0.464 e. The normalized spacial score (nSPS) is 14.1. The second-order valence-electron chi connectivity index (χ2n) is 6.71. The molecule has 1 N–H and O–H groups in total. The van der Waals surface area contributed by atoms with Gasteiger partial charge < -0.3 is 8.98 Å². The van der Waals surface area contributed by atoms with Crippen LogP contribution in [0.2, 0.25) is 0 Å². The number of aromatic nitrogens is 1. The summed E-state index contributed by atoms with van der Waals surface area (Å²) in [6, 6.07) is 13.0. The molecular formula is C23H14N2O3. The third-order valence-corrected chi connectivity index (χ3v) is 5.11. The van der Waals surface area contributed by atoms with Gasteiger partial charge in [0, 0.05) is 46.2 Å². The summed E-state index contributed by atoms with van der Waals surface area (Å²) < 4.78 is 7.52. The van der Waals surface area contributed by atoms with E-state index in [-0.39, 0.29) is 0 Å². The lowest BCUT2D eigenvalue weighted by Crippen LogP contribution is -2.22. The third-order valence-electron chi connectivity index (χ3n) is 5.11. The quantitative estimate of drug-likeness (QED) is 0.436. The van der Waals surface area contributed by atoms with Gasteiger partial charge in [-0.05, 0) is 24.3 Å². The zero-order valence-corrected chi connectivity index (χ0v) is 14.9. The summed E-state index contributed by atoms with van der Waals surface area (Å²) in [5.74, 6) is 1.76. The topological polar surface area (TPSA) is 64.2 Å². The van der Waals surface area contributed by atoms with E-state index < -0.39 is 11.8 Å². The van der Waals surface area contributed by atoms with Gasteiger partial charge in [-0.3, -0.25) is 14.9 Å². The highest BCUT2D eigenvalue weighted by molar-refractivity contribution is 6.50. The van der Waals surface area contributed by atoms with E-state index in [1.54, 1.807) is 0 Å². The van der Waals surface area contributed by atoms with Crippen molar-refractivity contribution < 1.29 is 14.0 Å². The number of para-hydroxylation sites is 1. The maximum Gasteiger partial charge on any atom is 0.259 e. The van der Waals surface area contributed by atoms with E-state index in [1.807, 2.05) is 60.3 Å². The Kier molecular flexibility index (Phi) is 3.31. The summed E-state index contributed by atoms with van der Waals surface area (Å²) in [4.78, 5) is 25.5. The molecule has 0 atom stereocenters. The van der Waals surface area contributed by atoms with Gasteiger partial charge in [0.15, 0.2) is 0 Å². The van der Waals surface area contributed by atoms with E-state index in [9.17, 15) is 9.59 Å². The zero-order chi connectivity index (χ0) is 19.4. The molecule has 0 spiro atoms. The molecule has 0 aliphatic carbocycles. The molecule has 5 rings (SSSR count).